The van der Waals surface area contributed by atoms with Gasteiger partial charge in [0, 0.05) is 18.3 Å². The van der Waals surface area contributed by atoms with Gasteiger partial charge >= 0.3 is 5.97 Å². The second-order valence-electron chi connectivity index (χ2n) is 10.0. The van der Waals surface area contributed by atoms with Crippen LogP contribution in [-0.2, 0) is 4.74 Å². The summed E-state index contributed by atoms with van der Waals surface area (Å²) in [5.74, 6) is 2.03. The van der Waals surface area contributed by atoms with Gasteiger partial charge in [-0.3, -0.25) is 4.79 Å². The summed E-state index contributed by atoms with van der Waals surface area (Å²) >= 11 is 6.38. The number of benzene rings is 1. The van der Waals surface area contributed by atoms with Crippen molar-refractivity contribution in [3.05, 3.63) is 52.8 Å². The molecule has 4 saturated carbocycles. The predicted molar refractivity (Wildman–Crippen MR) is 124 cm³/mol. The molecule has 0 saturated heterocycles. The fourth-order valence-corrected chi connectivity index (χ4v) is 7.10. The molecule has 2 aromatic rings. The number of pyridine rings is 1. The number of esters is 1. The van der Waals surface area contributed by atoms with Crippen LogP contribution in [-0.4, -0.2) is 30.5 Å². The predicted octanol–water partition coefficient (Wildman–Crippen LogP) is 5.52. The SMILES string of the molecule is COC(=O)c1ncccc1-c1ccc(Cl)c(C(=O)NCCC23CC4CC(CC(C4)C2)C3)c1. The van der Waals surface area contributed by atoms with Crippen LogP contribution in [0.5, 0.6) is 0 Å². The van der Waals surface area contributed by atoms with Crippen molar-refractivity contribution in [2.24, 2.45) is 23.2 Å². The molecule has 4 aliphatic rings. The normalized spacial score (nSPS) is 27.9. The van der Waals surface area contributed by atoms with Gasteiger partial charge in [-0.25, -0.2) is 9.78 Å². The second kappa shape index (κ2) is 8.51. The van der Waals surface area contributed by atoms with Crippen LogP contribution < -0.4 is 5.32 Å². The molecule has 6 heteroatoms. The van der Waals surface area contributed by atoms with Gasteiger partial charge in [0.1, 0.15) is 0 Å². The van der Waals surface area contributed by atoms with E-state index >= 15 is 0 Å². The summed E-state index contributed by atoms with van der Waals surface area (Å²) < 4.78 is 4.85. The van der Waals surface area contributed by atoms with E-state index in [1.165, 1.54) is 45.6 Å². The lowest BCUT2D eigenvalue weighted by molar-refractivity contribution is -0.0564. The van der Waals surface area contributed by atoms with E-state index < -0.39 is 5.97 Å². The van der Waals surface area contributed by atoms with E-state index in [-0.39, 0.29) is 11.6 Å². The molecule has 4 bridgehead atoms. The quantitative estimate of drug-likeness (QED) is 0.585. The smallest absolute Gasteiger partial charge is 0.357 e. The first-order valence-electron chi connectivity index (χ1n) is 11.6. The number of halogens is 1. The third-order valence-electron chi connectivity index (χ3n) is 7.81. The van der Waals surface area contributed by atoms with Gasteiger partial charge in [0.25, 0.3) is 5.91 Å². The number of hydrogen-bond donors (Lipinski definition) is 1. The number of hydrogen-bond acceptors (Lipinski definition) is 4. The molecule has 1 amide bonds. The summed E-state index contributed by atoms with van der Waals surface area (Å²) in [6.45, 7) is 0.672. The molecule has 168 valence electrons. The number of nitrogens with zero attached hydrogens (tertiary/aromatic N) is 1. The van der Waals surface area contributed by atoms with Gasteiger partial charge < -0.3 is 10.1 Å². The summed E-state index contributed by atoms with van der Waals surface area (Å²) in [5.41, 5.74) is 2.37. The molecule has 1 N–H and O–H groups in total. The van der Waals surface area contributed by atoms with Gasteiger partial charge in [-0.05, 0) is 91.9 Å². The van der Waals surface area contributed by atoms with Gasteiger partial charge in [-0.1, -0.05) is 23.7 Å². The third kappa shape index (κ3) is 4.03. The number of carbonyl (C=O) groups is 2. The van der Waals surface area contributed by atoms with Crippen LogP contribution in [0, 0.1) is 23.2 Å². The number of methoxy groups -OCH3 is 1. The maximum atomic E-state index is 13.0. The first kappa shape index (κ1) is 21.4. The molecule has 4 aliphatic carbocycles. The highest BCUT2D eigenvalue weighted by Crippen LogP contribution is 2.61. The monoisotopic (exact) mass is 452 g/mol. The second-order valence-corrected chi connectivity index (χ2v) is 10.4. The lowest BCUT2D eigenvalue weighted by Crippen LogP contribution is -2.47. The Kier molecular flexibility index (Phi) is 5.70. The molecule has 0 spiro atoms. The maximum Gasteiger partial charge on any atom is 0.357 e. The average molecular weight is 453 g/mol. The van der Waals surface area contributed by atoms with Crippen molar-refractivity contribution in [2.75, 3.05) is 13.7 Å². The van der Waals surface area contributed by atoms with E-state index in [0.717, 1.165) is 24.2 Å². The minimum atomic E-state index is -0.517. The lowest BCUT2D eigenvalue weighted by atomic mass is 9.49. The number of nitrogens with one attached hydrogen (secondary N) is 1. The van der Waals surface area contributed by atoms with Crippen molar-refractivity contribution in [1.29, 1.82) is 0 Å². The molecule has 0 aliphatic heterocycles. The number of amides is 1. The van der Waals surface area contributed by atoms with Crippen molar-refractivity contribution in [2.45, 2.75) is 44.9 Å². The Morgan fingerprint density at radius 3 is 2.47 bits per heavy atom. The highest BCUT2D eigenvalue weighted by Gasteiger charge is 2.50. The fraction of sp³-hybridized carbons (Fsp3) is 0.500. The zero-order valence-corrected chi connectivity index (χ0v) is 19.2. The molecular formula is C26H29ClN2O3. The minimum Gasteiger partial charge on any atom is -0.464 e. The molecule has 4 fully saturated rings. The van der Waals surface area contributed by atoms with Crippen LogP contribution in [0.15, 0.2) is 36.5 Å². The van der Waals surface area contributed by atoms with E-state index in [4.69, 9.17) is 16.3 Å². The topological polar surface area (TPSA) is 68.3 Å². The summed E-state index contributed by atoms with van der Waals surface area (Å²) in [5, 5.41) is 3.50. The third-order valence-corrected chi connectivity index (χ3v) is 8.14. The van der Waals surface area contributed by atoms with Crippen LogP contribution in [0.3, 0.4) is 0 Å². The molecule has 32 heavy (non-hydrogen) atoms. The summed E-state index contributed by atoms with van der Waals surface area (Å²) in [6, 6.07) is 8.75. The largest absolute Gasteiger partial charge is 0.464 e. The first-order chi connectivity index (χ1) is 15.5. The van der Waals surface area contributed by atoms with Crippen LogP contribution in [0.25, 0.3) is 11.1 Å². The lowest BCUT2D eigenvalue weighted by Gasteiger charge is -2.57. The average Bonchev–Trinajstić information content (AvgIpc) is 2.78. The molecule has 5 nitrogen and oxygen atoms in total. The Bertz CT molecular complexity index is 1020. The fourth-order valence-electron chi connectivity index (χ4n) is 6.90. The standard InChI is InChI=1S/C26H29ClN2O3/c1-32-25(31)23-20(3-2-7-28-23)19-4-5-22(27)21(12-19)24(30)29-8-6-26-13-16-9-17(14-26)11-18(10-16)15-26/h2-5,7,12,16-18H,6,8-11,13-15H2,1H3,(H,29,30). The maximum absolute atomic E-state index is 13.0. The highest BCUT2D eigenvalue weighted by atomic mass is 35.5. The van der Waals surface area contributed by atoms with E-state index in [2.05, 4.69) is 10.3 Å². The number of rotatable bonds is 6. The molecule has 0 unspecified atom stereocenters. The molecular weight excluding hydrogens is 424 g/mol. The Labute approximate surface area is 193 Å². The number of ether oxygens (including phenoxy) is 1. The van der Waals surface area contributed by atoms with Crippen LogP contribution in [0.4, 0.5) is 0 Å². The number of aromatic nitrogens is 1. The Morgan fingerprint density at radius 1 is 1.12 bits per heavy atom. The Hall–Kier alpha value is -2.40. The summed E-state index contributed by atoms with van der Waals surface area (Å²) in [4.78, 5) is 29.3. The van der Waals surface area contributed by atoms with E-state index in [1.54, 1.807) is 36.5 Å². The molecule has 1 aromatic heterocycles. The van der Waals surface area contributed by atoms with Gasteiger partial charge in [-0.15, -0.1) is 0 Å². The van der Waals surface area contributed by atoms with Gasteiger partial charge in [0.05, 0.1) is 17.7 Å². The van der Waals surface area contributed by atoms with Crippen LogP contribution >= 0.6 is 11.6 Å². The Morgan fingerprint density at radius 2 is 1.81 bits per heavy atom. The number of carbonyl (C=O) groups excluding carboxylic acids is 2. The van der Waals surface area contributed by atoms with Gasteiger partial charge in [0.2, 0.25) is 0 Å². The highest BCUT2D eigenvalue weighted by molar-refractivity contribution is 6.34. The van der Waals surface area contributed by atoms with E-state index in [9.17, 15) is 9.59 Å². The summed E-state index contributed by atoms with van der Waals surface area (Å²) in [6.07, 6.45) is 10.9. The first-order valence-corrected chi connectivity index (χ1v) is 12.0. The molecule has 6 rings (SSSR count). The van der Waals surface area contributed by atoms with E-state index in [0.29, 0.717) is 33.7 Å². The van der Waals surface area contributed by atoms with Crippen LogP contribution in [0.1, 0.15) is 65.8 Å². The molecule has 0 atom stereocenters. The minimum absolute atomic E-state index is 0.176. The Balaban J connectivity index is 1.29. The van der Waals surface area contributed by atoms with Crippen molar-refractivity contribution in [1.82, 2.24) is 10.3 Å². The summed E-state index contributed by atoms with van der Waals surface area (Å²) in [7, 11) is 1.32. The zero-order valence-electron chi connectivity index (χ0n) is 18.4. The molecule has 0 radical (unpaired) electrons. The van der Waals surface area contributed by atoms with Gasteiger partial charge in [-0.2, -0.15) is 0 Å². The van der Waals surface area contributed by atoms with Crippen molar-refractivity contribution < 1.29 is 14.3 Å². The van der Waals surface area contributed by atoms with Crippen molar-refractivity contribution in [3.8, 4) is 11.1 Å². The van der Waals surface area contributed by atoms with Crippen molar-refractivity contribution >= 4 is 23.5 Å². The zero-order chi connectivity index (χ0) is 22.3. The van der Waals surface area contributed by atoms with Crippen LogP contribution in [0.2, 0.25) is 5.02 Å². The van der Waals surface area contributed by atoms with E-state index in [1.807, 2.05) is 0 Å². The molecule has 1 aromatic carbocycles. The van der Waals surface area contributed by atoms with Gasteiger partial charge in [0.15, 0.2) is 5.69 Å². The van der Waals surface area contributed by atoms with Crippen molar-refractivity contribution in [3.63, 3.8) is 0 Å². The molecule has 1 heterocycles.